The number of carbonyl (C=O) groups excluding carboxylic acids is 2. The van der Waals surface area contributed by atoms with E-state index in [0.717, 1.165) is 0 Å². The zero-order valence-electron chi connectivity index (χ0n) is 11.6. The second-order valence-corrected chi connectivity index (χ2v) is 3.82. The van der Waals surface area contributed by atoms with Crippen molar-refractivity contribution in [1.29, 1.82) is 0 Å². The Balaban J connectivity index is 4.73. The van der Waals surface area contributed by atoms with E-state index in [4.69, 9.17) is 0 Å². The van der Waals surface area contributed by atoms with Gasteiger partial charge in [-0.2, -0.15) is 0 Å². The van der Waals surface area contributed by atoms with Crippen LogP contribution < -0.4 is 0 Å². The van der Waals surface area contributed by atoms with E-state index in [-0.39, 0.29) is 11.8 Å². The summed E-state index contributed by atoms with van der Waals surface area (Å²) >= 11 is 0. The Hall–Kier alpha value is -1.32. The van der Waals surface area contributed by atoms with Crippen molar-refractivity contribution in [3.8, 4) is 0 Å². The summed E-state index contributed by atoms with van der Waals surface area (Å²) in [4.78, 5) is 27.1. The molecule has 0 aliphatic carbocycles. The van der Waals surface area contributed by atoms with Crippen LogP contribution in [0.25, 0.3) is 0 Å². The Morgan fingerprint density at radius 2 is 1.29 bits per heavy atom. The largest absolute Gasteiger partial charge is 0.340 e. The third kappa shape index (κ3) is 4.59. The predicted molar refractivity (Wildman–Crippen MR) is 69.6 cm³/mol. The van der Waals surface area contributed by atoms with Crippen molar-refractivity contribution in [3.63, 3.8) is 0 Å². The van der Waals surface area contributed by atoms with Crippen LogP contribution in [0.5, 0.6) is 0 Å². The number of amides is 2. The smallest absolute Gasteiger partial charge is 0.249 e. The third-order valence-electron chi connectivity index (χ3n) is 2.80. The van der Waals surface area contributed by atoms with Gasteiger partial charge in [0, 0.05) is 37.8 Å². The zero-order chi connectivity index (χ0) is 13.4. The lowest BCUT2D eigenvalue weighted by Crippen LogP contribution is -2.33. The normalized spacial score (nSPS) is 11.2. The highest BCUT2D eigenvalue weighted by molar-refractivity contribution is 6.00. The molecule has 0 unspecified atom stereocenters. The van der Waals surface area contributed by atoms with E-state index in [0.29, 0.717) is 31.8 Å². The van der Waals surface area contributed by atoms with Crippen molar-refractivity contribution < 1.29 is 9.59 Å². The fourth-order valence-corrected chi connectivity index (χ4v) is 1.63. The predicted octanol–water partition coefficient (Wildman–Crippen LogP) is 1.67. The number of hydrogen-bond donors (Lipinski definition) is 0. The van der Waals surface area contributed by atoms with Crippen molar-refractivity contribution in [1.82, 2.24) is 9.80 Å². The van der Waals surface area contributed by atoms with Gasteiger partial charge in [-0.05, 0) is 34.6 Å². The second-order valence-electron chi connectivity index (χ2n) is 3.82. The van der Waals surface area contributed by atoms with E-state index in [1.165, 1.54) is 6.08 Å². The van der Waals surface area contributed by atoms with Crippen molar-refractivity contribution in [2.24, 2.45) is 0 Å². The summed E-state index contributed by atoms with van der Waals surface area (Å²) in [7, 11) is 0. The van der Waals surface area contributed by atoms with Gasteiger partial charge in [-0.25, -0.2) is 0 Å². The Morgan fingerprint density at radius 1 is 0.882 bits per heavy atom. The van der Waals surface area contributed by atoms with Crippen molar-refractivity contribution in [2.45, 2.75) is 34.6 Å². The lowest BCUT2D eigenvalue weighted by atomic mass is 10.2. The van der Waals surface area contributed by atoms with Crippen LogP contribution in [0.2, 0.25) is 0 Å². The molecule has 0 N–H and O–H groups in total. The average molecular weight is 240 g/mol. The molecule has 17 heavy (non-hydrogen) atoms. The Labute approximate surface area is 104 Å². The maximum absolute atomic E-state index is 11.9. The van der Waals surface area contributed by atoms with Crippen LogP contribution >= 0.6 is 0 Å². The minimum absolute atomic E-state index is 0.0597. The maximum atomic E-state index is 11.9. The number of hydrogen-bond acceptors (Lipinski definition) is 2. The molecule has 0 aromatic heterocycles. The van der Waals surface area contributed by atoms with Crippen molar-refractivity contribution >= 4 is 11.8 Å². The van der Waals surface area contributed by atoms with Gasteiger partial charge in [0.1, 0.15) is 0 Å². The highest BCUT2D eigenvalue weighted by Gasteiger charge is 2.14. The van der Waals surface area contributed by atoms with Crippen LogP contribution in [0.15, 0.2) is 11.6 Å². The first kappa shape index (κ1) is 15.7. The molecule has 0 aromatic rings. The van der Waals surface area contributed by atoms with E-state index in [9.17, 15) is 9.59 Å². The monoisotopic (exact) mass is 240 g/mol. The van der Waals surface area contributed by atoms with Gasteiger partial charge in [0.05, 0.1) is 0 Å². The average Bonchev–Trinajstić information content (AvgIpc) is 2.31. The molecule has 0 saturated carbocycles. The van der Waals surface area contributed by atoms with Gasteiger partial charge in [0.25, 0.3) is 0 Å². The summed E-state index contributed by atoms with van der Waals surface area (Å²) in [6.45, 7) is 12.1. The summed E-state index contributed by atoms with van der Waals surface area (Å²) in [6, 6.07) is 0. The van der Waals surface area contributed by atoms with Gasteiger partial charge >= 0.3 is 0 Å². The molecular formula is C13H24N2O2. The summed E-state index contributed by atoms with van der Waals surface area (Å²) < 4.78 is 0. The van der Waals surface area contributed by atoms with Crippen molar-refractivity contribution in [3.05, 3.63) is 11.6 Å². The number of rotatable bonds is 6. The van der Waals surface area contributed by atoms with E-state index in [1.807, 2.05) is 27.7 Å². The first-order chi connectivity index (χ1) is 8.01. The third-order valence-corrected chi connectivity index (χ3v) is 2.80. The Kier molecular flexibility index (Phi) is 7.26. The van der Waals surface area contributed by atoms with Gasteiger partial charge < -0.3 is 9.80 Å². The molecule has 0 spiro atoms. The van der Waals surface area contributed by atoms with Crippen molar-refractivity contribution in [2.75, 3.05) is 26.2 Å². The van der Waals surface area contributed by atoms with E-state index >= 15 is 0 Å². The van der Waals surface area contributed by atoms with Gasteiger partial charge in [0.15, 0.2) is 0 Å². The minimum Gasteiger partial charge on any atom is -0.340 e. The molecule has 0 aliphatic heterocycles. The maximum Gasteiger partial charge on any atom is 0.249 e. The van der Waals surface area contributed by atoms with Crippen LogP contribution in [-0.4, -0.2) is 47.8 Å². The second kappa shape index (κ2) is 7.87. The summed E-state index contributed by atoms with van der Waals surface area (Å²) in [6.07, 6.45) is 1.44. The van der Waals surface area contributed by atoms with Crippen LogP contribution in [0, 0.1) is 0 Å². The molecule has 0 saturated heterocycles. The van der Waals surface area contributed by atoms with Crippen LogP contribution in [0.4, 0.5) is 0 Å². The molecule has 0 radical (unpaired) electrons. The summed E-state index contributed by atoms with van der Waals surface area (Å²) in [5.74, 6) is -0.150. The molecule has 2 amide bonds. The highest BCUT2D eigenvalue weighted by atomic mass is 16.2. The molecule has 0 aliphatic rings. The minimum atomic E-state index is -0.0898. The molecule has 4 heteroatoms. The molecular weight excluding hydrogens is 216 g/mol. The van der Waals surface area contributed by atoms with Gasteiger partial charge in [-0.3, -0.25) is 9.59 Å². The number of nitrogens with zero attached hydrogens (tertiary/aromatic N) is 2. The lowest BCUT2D eigenvalue weighted by molar-refractivity contribution is -0.128. The van der Waals surface area contributed by atoms with Gasteiger partial charge in [0.2, 0.25) is 11.8 Å². The van der Waals surface area contributed by atoms with Crippen LogP contribution in [0.1, 0.15) is 34.6 Å². The Morgan fingerprint density at radius 3 is 1.65 bits per heavy atom. The standard InChI is InChI=1S/C13H24N2O2/c1-6-14(7-2)12(16)10-11(5)13(17)15(8-3)9-4/h10H,6-9H2,1-5H3/b11-10-. The molecule has 4 nitrogen and oxygen atoms in total. The molecule has 0 atom stereocenters. The van der Waals surface area contributed by atoms with Crippen LogP contribution in [-0.2, 0) is 9.59 Å². The highest BCUT2D eigenvalue weighted by Crippen LogP contribution is 2.03. The van der Waals surface area contributed by atoms with E-state index < -0.39 is 0 Å². The molecule has 98 valence electrons. The topological polar surface area (TPSA) is 40.6 Å². The fraction of sp³-hybridized carbons (Fsp3) is 0.692. The molecule has 0 bridgehead atoms. The van der Waals surface area contributed by atoms with Gasteiger partial charge in [-0.15, -0.1) is 0 Å². The summed E-state index contributed by atoms with van der Waals surface area (Å²) in [5.41, 5.74) is 0.505. The number of likely N-dealkylation sites (N-methyl/N-ethyl adjacent to an activating group) is 2. The van der Waals surface area contributed by atoms with Crippen LogP contribution in [0.3, 0.4) is 0 Å². The summed E-state index contributed by atoms with van der Waals surface area (Å²) in [5, 5.41) is 0. The van der Waals surface area contributed by atoms with E-state index in [1.54, 1.807) is 16.7 Å². The first-order valence-electron chi connectivity index (χ1n) is 6.28. The van der Waals surface area contributed by atoms with E-state index in [2.05, 4.69) is 0 Å². The Bertz CT molecular complexity index is 290. The molecule has 0 heterocycles. The molecule has 0 aromatic carbocycles. The molecule has 0 fully saturated rings. The fourth-order valence-electron chi connectivity index (χ4n) is 1.63. The molecule has 0 rings (SSSR count). The SMILES string of the molecule is CCN(CC)C(=O)/C=C(/C)C(=O)N(CC)CC. The first-order valence-corrected chi connectivity index (χ1v) is 6.28. The van der Waals surface area contributed by atoms with Gasteiger partial charge in [-0.1, -0.05) is 0 Å². The number of carbonyl (C=O) groups is 2. The lowest BCUT2D eigenvalue weighted by Gasteiger charge is -2.20. The zero-order valence-corrected chi connectivity index (χ0v) is 11.6. The quantitative estimate of drug-likeness (QED) is 0.663.